The molecule has 1 aromatic heterocycles. The van der Waals surface area contributed by atoms with E-state index < -0.39 is 0 Å². The van der Waals surface area contributed by atoms with Crippen molar-refractivity contribution in [2.75, 3.05) is 18.4 Å². The van der Waals surface area contributed by atoms with Gasteiger partial charge in [-0.15, -0.1) is 0 Å². The number of aromatic nitrogens is 1. The van der Waals surface area contributed by atoms with Gasteiger partial charge in [0.15, 0.2) is 0 Å². The number of hydrogen-bond acceptors (Lipinski definition) is 3. The summed E-state index contributed by atoms with van der Waals surface area (Å²) in [5, 5.41) is 3.26. The second-order valence-corrected chi connectivity index (χ2v) is 5.26. The molecule has 5 nitrogen and oxygen atoms in total. The third kappa shape index (κ3) is 4.86. The molecule has 0 unspecified atom stereocenters. The van der Waals surface area contributed by atoms with Gasteiger partial charge in [-0.25, -0.2) is 4.79 Å². The minimum Gasteiger partial charge on any atom is -0.486 e. The third-order valence-corrected chi connectivity index (χ3v) is 3.63. The number of rotatable bonds is 6. The second-order valence-electron chi connectivity index (χ2n) is 4.86. The van der Waals surface area contributed by atoms with E-state index in [0.717, 1.165) is 5.69 Å². The van der Waals surface area contributed by atoms with Crippen molar-refractivity contribution in [2.24, 2.45) is 0 Å². The SMILES string of the molecule is CCN(CC)C(=O)Nc1ccc(OCc2ccccn2)c(Cl)c1. The topological polar surface area (TPSA) is 54.5 Å². The van der Waals surface area contributed by atoms with Crippen LogP contribution < -0.4 is 10.1 Å². The average molecular weight is 334 g/mol. The van der Waals surface area contributed by atoms with Crippen molar-refractivity contribution in [2.45, 2.75) is 20.5 Å². The van der Waals surface area contributed by atoms with Gasteiger partial charge in [0.05, 0.1) is 10.7 Å². The van der Waals surface area contributed by atoms with Gasteiger partial charge in [-0.05, 0) is 44.2 Å². The number of benzene rings is 1. The van der Waals surface area contributed by atoms with Crippen LogP contribution in [0.15, 0.2) is 42.6 Å². The highest BCUT2D eigenvalue weighted by Gasteiger charge is 2.11. The zero-order valence-electron chi connectivity index (χ0n) is 13.3. The van der Waals surface area contributed by atoms with Crippen LogP contribution in [-0.4, -0.2) is 29.0 Å². The number of nitrogens with one attached hydrogen (secondary N) is 1. The summed E-state index contributed by atoms with van der Waals surface area (Å²) in [6, 6.07) is 10.7. The van der Waals surface area contributed by atoms with Crippen molar-refractivity contribution >= 4 is 23.3 Å². The largest absolute Gasteiger partial charge is 0.486 e. The molecule has 23 heavy (non-hydrogen) atoms. The quantitative estimate of drug-likeness (QED) is 0.862. The van der Waals surface area contributed by atoms with Gasteiger partial charge in [0.1, 0.15) is 12.4 Å². The highest BCUT2D eigenvalue weighted by Crippen LogP contribution is 2.28. The second kappa shape index (κ2) is 8.39. The van der Waals surface area contributed by atoms with Crippen LogP contribution in [0.1, 0.15) is 19.5 Å². The third-order valence-electron chi connectivity index (χ3n) is 3.34. The maximum atomic E-state index is 12.0. The Morgan fingerprint density at radius 2 is 2.04 bits per heavy atom. The van der Waals surface area contributed by atoms with Crippen LogP contribution in [0.2, 0.25) is 5.02 Å². The van der Waals surface area contributed by atoms with E-state index in [2.05, 4.69) is 10.3 Å². The van der Waals surface area contributed by atoms with Crippen LogP contribution in [0.25, 0.3) is 0 Å². The number of amides is 2. The standard InChI is InChI=1S/C17H20ClN3O2/c1-3-21(4-2)17(22)20-13-8-9-16(15(18)11-13)23-12-14-7-5-6-10-19-14/h5-11H,3-4,12H2,1-2H3,(H,20,22). The van der Waals surface area contributed by atoms with E-state index in [4.69, 9.17) is 16.3 Å². The number of carbonyl (C=O) groups is 1. The van der Waals surface area contributed by atoms with Gasteiger partial charge >= 0.3 is 6.03 Å². The van der Waals surface area contributed by atoms with E-state index in [1.807, 2.05) is 32.0 Å². The Morgan fingerprint density at radius 1 is 1.26 bits per heavy atom. The predicted molar refractivity (Wildman–Crippen MR) is 92.0 cm³/mol. The first-order valence-electron chi connectivity index (χ1n) is 7.52. The van der Waals surface area contributed by atoms with E-state index in [9.17, 15) is 4.79 Å². The molecule has 0 aliphatic carbocycles. The fourth-order valence-corrected chi connectivity index (χ4v) is 2.28. The summed E-state index contributed by atoms with van der Waals surface area (Å²) in [4.78, 5) is 17.9. The normalized spacial score (nSPS) is 10.2. The molecule has 0 spiro atoms. The van der Waals surface area contributed by atoms with E-state index in [-0.39, 0.29) is 6.03 Å². The first-order valence-corrected chi connectivity index (χ1v) is 7.90. The molecule has 0 saturated carbocycles. The number of halogens is 1. The number of ether oxygens (including phenoxy) is 1. The zero-order chi connectivity index (χ0) is 16.7. The highest BCUT2D eigenvalue weighted by atomic mass is 35.5. The summed E-state index contributed by atoms with van der Waals surface area (Å²) in [7, 11) is 0. The number of hydrogen-bond donors (Lipinski definition) is 1. The highest BCUT2D eigenvalue weighted by molar-refractivity contribution is 6.32. The van der Waals surface area contributed by atoms with Crippen molar-refractivity contribution in [3.63, 3.8) is 0 Å². The Bertz CT molecular complexity index is 646. The molecule has 0 bridgehead atoms. The Morgan fingerprint density at radius 3 is 2.65 bits per heavy atom. The maximum absolute atomic E-state index is 12.0. The van der Waals surface area contributed by atoms with Crippen molar-refractivity contribution in [1.82, 2.24) is 9.88 Å². The summed E-state index contributed by atoms with van der Waals surface area (Å²) in [5.41, 5.74) is 1.46. The molecule has 1 aromatic carbocycles. The van der Waals surface area contributed by atoms with Crippen LogP contribution >= 0.6 is 11.6 Å². The minimum atomic E-state index is -0.145. The first kappa shape index (κ1) is 17.1. The molecule has 2 aromatic rings. The lowest BCUT2D eigenvalue weighted by Gasteiger charge is -2.19. The Hall–Kier alpha value is -2.27. The Kier molecular flexibility index (Phi) is 6.23. The van der Waals surface area contributed by atoms with Crippen molar-refractivity contribution in [1.29, 1.82) is 0 Å². The molecule has 6 heteroatoms. The molecule has 1 heterocycles. The van der Waals surface area contributed by atoms with Gasteiger partial charge in [-0.3, -0.25) is 4.98 Å². The van der Waals surface area contributed by atoms with Gasteiger partial charge in [-0.2, -0.15) is 0 Å². The number of urea groups is 1. The first-order chi connectivity index (χ1) is 11.1. The summed E-state index contributed by atoms with van der Waals surface area (Å²) in [6.45, 7) is 5.52. The number of pyridine rings is 1. The molecule has 122 valence electrons. The number of anilines is 1. The van der Waals surface area contributed by atoms with E-state index in [0.29, 0.717) is 36.2 Å². The monoisotopic (exact) mass is 333 g/mol. The molecule has 0 atom stereocenters. The molecule has 0 aliphatic heterocycles. The minimum absolute atomic E-state index is 0.145. The number of nitrogens with zero attached hydrogens (tertiary/aromatic N) is 2. The lowest BCUT2D eigenvalue weighted by molar-refractivity contribution is 0.217. The predicted octanol–water partition coefficient (Wildman–Crippen LogP) is 4.19. The molecule has 0 saturated heterocycles. The molecule has 0 aliphatic rings. The summed E-state index contributed by atoms with van der Waals surface area (Å²) >= 11 is 6.22. The van der Waals surface area contributed by atoms with Gasteiger partial charge in [0, 0.05) is 25.0 Å². The fraction of sp³-hybridized carbons (Fsp3) is 0.294. The molecule has 0 radical (unpaired) electrons. The maximum Gasteiger partial charge on any atom is 0.321 e. The number of carbonyl (C=O) groups excluding carboxylic acids is 1. The molecule has 0 fully saturated rings. The summed E-state index contributed by atoms with van der Waals surface area (Å²) in [6.07, 6.45) is 1.71. The average Bonchev–Trinajstić information content (AvgIpc) is 2.56. The molecule has 1 N–H and O–H groups in total. The van der Waals surface area contributed by atoms with Gasteiger partial charge in [0.25, 0.3) is 0 Å². The van der Waals surface area contributed by atoms with Gasteiger partial charge in [0.2, 0.25) is 0 Å². The van der Waals surface area contributed by atoms with Gasteiger partial charge < -0.3 is 15.0 Å². The van der Waals surface area contributed by atoms with E-state index in [1.165, 1.54) is 0 Å². The van der Waals surface area contributed by atoms with Crippen LogP contribution in [0, 0.1) is 0 Å². The van der Waals surface area contributed by atoms with Gasteiger partial charge in [-0.1, -0.05) is 17.7 Å². The molecule has 2 rings (SSSR count). The molecular formula is C17H20ClN3O2. The molecular weight excluding hydrogens is 314 g/mol. The lowest BCUT2D eigenvalue weighted by Crippen LogP contribution is -2.34. The summed E-state index contributed by atoms with van der Waals surface area (Å²) < 4.78 is 5.66. The smallest absolute Gasteiger partial charge is 0.321 e. The van der Waals surface area contributed by atoms with Crippen LogP contribution in [0.4, 0.5) is 10.5 Å². The van der Waals surface area contributed by atoms with E-state index >= 15 is 0 Å². The fourth-order valence-electron chi connectivity index (χ4n) is 2.04. The van der Waals surface area contributed by atoms with Crippen molar-refractivity contribution < 1.29 is 9.53 Å². The van der Waals surface area contributed by atoms with Crippen molar-refractivity contribution in [3.05, 3.63) is 53.3 Å². The van der Waals surface area contributed by atoms with Crippen LogP contribution in [0.5, 0.6) is 5.75 Å². The Balaban J connectivity index is 1.99. The van der Waals surface area contributed by atoms with Crippen LogP contribution in [0.3, 0.4) is 0 Å². The van der Waals surface area contributed by atoms with Crippen LogP contribution in [-0.2, 0) is 6.61 Å². The zero-order valence-corrected chi connectivity index (χ0v) is 14.0. The lowest BCUT2D eigenvalue weighted by atomic mass is 10.3. The molecule has 2 amide bonds. The summed E-state index contributed by atoms with van der Waals surface area (Å²) in [5.74, 6) is 0.554. The van der Waals surface area contributed by atoms with Crippen molar-refractivity contribution in [3.8, 4) is 5.75 Å². The Labute approximate surface area is 141 Å². The van der Waals surface area contributed by atoms with E-state index in [1.54, 1.807) is 29.3 Å².